The van der Waals surface area contributed by atoms with Gasteiger partial charge >= 0.3 is 6.36 Å². The Labute approximate surface area is 213 Å². The molecule has 3 heterocycles. The molecule has 1 aliphatic rings. The monoisotopic (exact) mass is 523 g/mol. The van der Waals surface area contributed by atoms with Crippen molar-refractivity contribution < 1.29 is 32.6 Å². The summed E-state index contributed by atoms with van der Waals surface area (Å²) in [6.07, 6.45) is -0.128. The zero-order valence-electron chi connectivity index (χ0n) is 19.6. The molecule has 194 valence electrons. The van der Waals surface area contributed by atoms with E-state index in [1.807, 2.05) is 18.2 Å². The van der Waals surface area contributed by atoms with Gasteiger partial charge in [0.05, 0.1) is 0 Å². The maximum atomic E-state index is 13.0. The Morgan fingerprint density at radius 2 is 1.82 bits per heavy atom. The fraction of sp³-hybridized carbons (Fsp3) is 0.231. The molecule has 0 fully saturated rings. The van der Waals surface area contributed by atoms with Crippen LogP contribution >= 0.6 is 0 Å². The number of fused-ring (bicyclic) bond motifs is 3. The van der Waals surface area contributed by atoms with Crippen molar-refractivity contribution in [2.45, 2.75) is 37.8 Å². The van der Waals surface area contributed by atoms with Crippen LogP contribution in [-0.2, 0) is 6.42 Å². The largest absolute Gasteiger partial charge is 0.573 e. The van der Waals surface area contributed by atoms with E-state index in [0.717, 1.165) is 35.0 Å². The summed E-state index contributed by atoms with van der Waals surface area (Å²) in [6.45, 7) is 0. The van der Waals surface area contributed by atoms with Crippen LogP contribution in [0.15, 0.2) is 59.6 Å². The Balaban J connectivity index is 1.36. The van der Waals surface area contributed by atoms with Crippen LogP contribution in [0.4, 0.5) is 13.2 Å². The van der Waals surface area contributed by atoms with Gasteiger partial charge in [-0.1, -0.05) is 5.16 Å². The van der Waals surface area contributed by atoms with E-state index in [9.17, 15) is 23.4 Å². The Morgan fingerprint density at radius 1 is 1.03 bits per heavy atom. The summed E-state index contributed by atoms with van der Waals surface area (Å²) in [6, 6.07) is 9.63. The van der Waals surface area contributed by atoms with Crippen LogP contribution in [0, 0.1) is 0 Å². The molecule has 1 atom stereocenters. The molecule has 2 aromatic carbocycles. The van der Waals surface area contributed by atoms with Crippen LogP contribution in [0.5, 0.6) is 5.75 Å². The zero-order valence-corrected chi connectivity index (χ0v) is 19.6. The summed E-state index contributed by atoms with van der Waals surface area (Å²) in [5, 5.41) is 23.8. The molecule has 0 saturated carbocycles. The summed E-state index contributed by atoms with van der Waals surface area (Å²) in [7, 11) is 0. The molecular weight excluding hydrogens is 503 g/mol. The average molecular weight is 523 g/mol. The molecule has 0 radical (unpaired) electrons. The number of aromatic amines is 1. The number of hydrogen-bond acceptors (Lipinski definition) is 8. The number of aromatic nitrogens is 5. The number of aryl methyl sites for hydroxylation is 1. The van der Waals surface area contributed by atoms with E-state index >= 15 is 0 Å². The van der Waals surface area contributed by atoms with Crippen LogP contribution in [0.2, 0.25) is 0 Å². The van der Waals surface area contributed by atoms with Gasteiger partial charge in [-0.2, -0.15) is 4.98 Å². The highest BCUT2D eigenvalue weighted by Gasteiger charge is 2.32. The van der Waals surface area contributed by atoms with Gasteiger partial charge in [-0.15, -0.1) is 13.2 Å². The van der Waals surface area contributed by atoms with Gasteiger partial charge in [-0.05, 0) is 60.4 Å². The summed E-state index contributed by atoms with van der Waals surface area (Å²) in [5.41, 5.74) is 4.79. The van der Waals surface area contributed by atoms with Crippen LogP contribution in [0.3, 0.4) is 0 Å². The number of benzene rings is 2. The predicted molar refractivity (Wildman–Crippen MR) is 129 cm³/mol. The number of nitrogens with one attached hydrogen (secondary N) is 1. The van der Waals surface area contributed by atoms with Gasteiger partial charge in [-0.25, -0.2) is 9.97 Å². The van der Waals surface area contributed by atoms with Gasteiger partial charge in [0.1, 0.15) is 12.1 Å². The maximum absolute atomic E-state index is 13.0. The van der Waals surface area contributed by atoms with E-state index in [-0.39, 0.29) is 29.6 Å². The third kappa shape index (κ3) is 4.71. The van der Waals surface area contributed by atoms with Crippen molar-refractivity contribution in [2.24, 2.45) is 0 Å². The molecule has 0 bridgehead atoms. The number of hydrogen-bond donors (Lipinski definition) is 3. The Morgan fingerprint density at radius 3 is 2.58 bits per heavy atom. The second-order valence-electron chi connectivity index (χ2n) is 9.07. The van der Waals surface area contributed by atoms with Crippen molar-refractivity contribution in [2.75, 3.05) is 0 Å². The molecular formula is C26H20F3N5O4. The first kappa shape index (κ1) is 24.1. The fourth-order valence-electron chi connectivity index (χ4n) is 4.97. The highest BCUT2D eigenvalue weighted by Crippen LogP contribution is 2.41. The smallest absolute Gasteiger partial charge is 0.406 e. The Bertz CT molecular complexity index is 1610. The van der Waals surface area contributed by atoms with Crippen LogP contribution < -0.4 is 4.74 Å². The van der Waals surface area contributed by atoms with Crippen molar-refractivity contribution in [1.82, 2.24) is 25.1 Å². The number of nitrogens with zero attached hydrogens (tertiary/aromatic N) is 4. The standard InChI is InChI=1S/C26H20F3N5O4/c27-26(28,29)37-18-6-15(17-10-30-12-31-11-17)5-16(7-18)25-33-24(34-38-25)14-2-4-21-20(8-14)19-3-1-13(9-22(35)36)23(19)32-21/h2,4-8,10-13,22,32,35-36H,1,3,9H2. The van der Waals surface area contributed by atoms with Gasteiger partial charge in [0, 0.05) is 58.0 Å². The summed E-state index contributed by atoms with van der Waals surface area (Å²) in [5.74, 6) is -0.125. The first-order valence-electron chi connectivity index (χ1n) is 11.7. The topological polar surface area (TPSA) is 130 Å². The lowest BCUT2D eigenvalue weighted by atomic mass is 10.0. The number of aliphatic hydroxyl groups is 2. The van der Waals surface area contributed by atoms with E-state index in [4.69, 9.17) is 4.52 Å². The molecule has 0 aliphatic heterocycles. The zero-order chi connectivity index (χ0) is 26.4. The Kier molecular flexibility index (Phi) is 5.84. The molecule has 3 aromatic heterocycles. The summed E-state index contributed by atoms with van der Waals surface area (Å²) < 4.78 is 48.6. The highest BCUT2D eigenvalue weighted by atomic mass is 19.4. The maximum Gasteiger partial charge on any atom is 0.573 e. The van der Waals surface area contributed by atoms with Gasteiger partial charge in [-0.3, -0.25) is 0 Å². The quantitative estimate of drug-likeness (QED) is 0.266. The number of halogens is 3. The molecule has 1 aliphatic carbocycles. The lowest BCUT2D eigenvalue weighted by Crippen LogP contribution is -2.17. The Hall–Kier alpha value is -4.29. The van der Waals surface area contributed by atoms with Gasteiger partial charge < -0.3 is 24.5 Å². The molecule has 5 aromatic rings. The van der Waals surface area contributed by atoms with Crippen molar-refractivity contribution in [3.8, 4) is 39.7 Å². The second-order valence-corrected chi connectivity index (χ2v) is 9.07. The molecule has 6 rings (SSSR count). The first-order chi connectivity index (χ1) is 18.2. The van der Waals surface area contributed by atoms with Crippen LogP contribution in [-0.4, -0.2) is 48.0 Å². The minimum absolute atomic E-state index is 0.0158. The third-order valence-corrected chi connectivity index (χ3v) is 6.55. The third-order valence-electron chi connectivity index (χ3n) is 6.55. The minimum Gasteiger partial charge on any atom is -0.406 e. The molecule has 12 heteroatoms. The highest BCUT2D eigenvalue weighted by molar-refractivity contribution is 5.89. The molecule has 3 N–H and O–H groups in total. The van der Waals surface area contributed by atoms with Crippen molar-refractivity contribution >= 4 is 10.9 Å². The van der Waals surface area contributed by atoms with E-state index < -0.39 is 18.4 Å². The van der Waals surface area contributed by atoms with Crippen molar-refractivity contribution in [3.05, 3.63) is 66.4 Å². The van der Waals surface area contributed by atoms with Crippen molar-refractivity contribution in [1.29, 1.82) is 0 Å². The number of alkyl halides is 3. The first-order valence-corrected chi connectivity index (χ1v) is 11.7. The average Bonchev–Trinajstić information content (AvgIpc) is 3.59. The van der Waals surface area contributed by atoms with E-state index in [1.165, 1.54) is 30.9 Å². The predicted octanol–water partition coefficient (Wildman–Crippen LogP) is 4.97. The van der Waals surface area contributed by atoms with Crippen molar-refractivity contribution in [3.63, 3.8) is 0 Å². The molecule has 1 unspecified atom stereocenters. The minimum atomic E-state index is -4.89. The molecule has 0 saturated heterocycles. The number of aliphatic hydroxyl groups excluding tert-OH is 1. The normalized spacial score (nSPS) is 15.4. The van der Waals surface area contributed by atoms with Gasteiger partial charge in [0.15, 0.2) is 6.29 Å². The molecule has 0 spiro atoms. The van der Waals surface area contributed by atoms with E-state index in [2.05, 4.69) is 29.8 Å². The summed E-state index contributed by atoms with van der Waals surface area (Å²) in [4.78, 5) is 15.7. The van der Waals surface area contributed by atoms with E-state index in [1.54, 1.807) is 6.07 Å². The second kappa shape index (κ2) is 9.23. The summed E-state index contributed by atoms with van der Waals surface area (Å²) >= 11 is 0. The van der Waals surface area contributed by atoms with Crippen LogP contribution in [0.25, 0.3) is 44.9 Å². The molecule has 38 heavy (non-hydrogen) atoms. The SMILES string of the molecule is OC(O)CC1CCc2c1[nH]c1ccc(-c3noc(-c4cc(OC(F)(F)F)cc(-c5cncnc5)c4)n3)cc21. The van der Waals surface area contributed by atoms with Gasteiger partial charge in [0.25, 0.3) is 5.89 Å². The number of ether oxygens (including phenoxy) is 1. The molecule has 9 nitrogen and oxygen atoms in total. The van der Waals surface area contributed by atoms with E-state index in [0.29, 0.717) is 16.7 Å². The molecule has 0 amide bonds. The lowest BCUT2D eigenvalue weighted by molar-refractivity contribution is -0.274. The lowest BCUT2D eigenvalue weighted by Gasteiger charge is -2.11. The number of rotatable bonds is 6. The van der Waals surface area contributed by atoms with Crippen LogP contribution in [0.1, 0.15) is 30.0 Å². The van der Waals surface area contributed by atoms with Gasteiger partial charge in [0.2, 0.25) is 5.82 Å². The number of H-pyrrole nitrogens is 1. The fourth-order valence-corrected chi connectivity index (χ4v) is 4.97.